The summed E-state index contributed by atoms with van der Waals surface area (Å²) in [5, 5.41) is 30.9. The molecule has 2 rings (SSSR count). The Morgan fingerprint density at radius 2 is 1.74 bits per heavy atom. The number of nitro benzene ring substituents is 2. The molecular formula is C15H14N2O5S. The summed E-state index contributed by atoms with van der Waals surface area (Å²) < 4.78 is 0. The van der Waals surface area contributed by atoms with Gasteiger partial charge in [0.15, 0.2) is 0 Å². The van der Waals surface area contributed by atoms with Gasteiger partial charge in [-0.1, -0.05) is 30.0 Å². The van der Waals surface area contributed by atoms with Crippen LogP contribution in [0.15, 0.2) is 52.3 Å². The number of aliphatic hydroxyl groups excluding tert-OH is 1. The predicted molar refractivity (Wildman–Crippen MR) is 85.7 cm³/mol. The molecule has 0 saturated carbocycles. The van der Waals surface area contributed by atoms with Gasteiger partial charge in [-0.2, -0.15) is 0 Å². The summed E-state index contributed by atoms with van der Waals surface area (Å²) in [5.41, 5.74) is 0.370. The minimum atomic E-state index is -0.656. The third-order valence-corrected chi connectivity index (χ3v) is 4.33. The van der Waals surface area contributed by atoms with Gasteiger partial charge in [-0.15, -0.1) is 0 Å². The van der Waals surface area contributed by atoms with Crippen LogP contribution in [-0.4, -0.2) is 21.6 Å². The van der Waals surface area contributed by atoms with Crippen LogP contribution in [0.25, 0.3) is 0 Å². The molecule has 2 aromatic carbocycles. The lowest BCUT2D eigenvalue weighted by Gasteiger charge is -2.08. The van der Waals surface area contributed by atoms with Crippen molar-refractivity contribution < 1.29 is 15.0 Å². The van der Waals surface area contributed by atoms with Gasteiger partial charge in [-0.25, -0.2) is 0 Å². The molecule has 0 aliphatic rings. The van der Waals surface area contributed by atoms with E-state index < -0.39 is 9.85 Å². The van der Waals surface area contributed by atoms with E-state index in [9.17, 15) is 20.2 Å². The van der Waals surface area contributed by atoms with Crippen LogP contribution in [0.4, 0.5) is 11.4 Å². The molecule has 120 valence electrons. The van der Waals surface area contributed by atoms with Gasteiger partial charge in [0.2, 0.25) is 0 Å². The number of hydrogen-bond acceptors (Lipinski definition) is 6. The number of aliphatic hydroxyl groups is 1. The van der Waals surface area contributed by atoms with E-state index in [1.807, 2.05) is 24.3 Å². The first kappa shape index (κ1) is 16.9. The van der Waals surface area contributed by atoms with Crippen molar-refractivity contribution in [3.05, 3.63) is 68.3 Å². The topological polar surface area (TPSA) is 107 Å². The number of benzene rings is 2. The van der Waals surface area contributed by atoms with E-state index in [1.54, 1.807) is 0 Å². The zero-order chi connectivity index (χ0) is 16.8. The van der Waals surface area contributed by atoms with Crippen molar-refractivity contribution in [2.45, 2.75) is 22.6 Å². The Hall–Kier alpha value is -2.45. The molecule has 0 radical (unpaired) electrons. The van der Waals surface area contributed by atoms with Crippen molar-refractivity contribution in [3.63, 3.8) is 0 Å². The zero-order valence-corrected chi connectivity index (χ0v) is 12.9. The number of aryl methyl sites for hydroxylation is 1. The SMILES string of the molecule is O=[N+]([O-])c1ccc(Sc2ccccc2CCCO)c([N+](=O)[O-])c1. The summed E-state index contributed by atoms with van der Waals surface area (Å²) in [6.45, 7) is 0.0662. The lowest BCUT2D eigenvalue weighted by Crippen LogP contribution is -1.95. The van der Waals surface area contributed by atoms with Crippen molar-refractivity contribution >= 4 is 23.1 Å². The van der Waals surface area contributed by atoms with E-state index in [1.165, 1.54) is 23.9 Å². The van der Waals surface area contributed by atoms with E-state index in [0.717, 1.165) is 16.5 Å². The summed E-state index contributed by atoms with van der Waals surface area (Å²) in [4.78, 5) is 21.9. The second-order valence-electron chi connectivity index (χ2n) is 4.70. The molecule has 0 aromatic heterocycles. The number of non-ortho nitro benzene ring substituents is 1. The third-order valence-electron chi connectivity index (χ3n) is 3.15. The van der Waals surface area contributed by atoms with Crippen LogP contribution in [0.1, 0.15) is 12.0 Å². The molecule has 2 aromatic rings. The fraction of sp³-hybridized carbons (Fsp3) is 0.200. The van der Waals surface area contributed by atoms with Gasteiger partial charge in [0, 0.05) is 17.6 Å². The van der Waals surface area contributed by atoms with E-state index >= 15 is 0 Å². The highest BCUT2D eigenvalue weighted by Gasteiger charge is 2.20. The third kappa shape index (κ3) is 4.27. The maximum absolute atomic E-state index is 11.2. The molecule has 0 aliphatic carbocycles. The molecule has 0 atom stereocenters. The Bertz CT molecular complexity index is 736. The maximum atomic E-state index is 11.2. The molecule has 0 heterocycles. The van der Waals surface area contributed by atoms with Crippen LogP contribution in [0.3, 0.4) is 0 Å². The minimum absolute atomic E-state index is 0.0662. The standard InChI is InChI=1S/C15H14N2O5S/c18-9-3-5-11-4-1-2-6-14(11)23-15-8-7-12(16(19)20)10-13(15)17(21)22/h1-2,4,6-8,10,18H,3,5,9H2. The molecule has 0 aliphatic heterocycles. The molecule has 0 bridgehead atoms. The summed E-state index contributed by atoms with van der Waals surface area (Å²) in [7, 11) is 0. The van der Waals surface area contributed by atoms with E-state index in [2.05, 4.69) is 0 Å². The highest BCUT2D eigenvalue weighted by Crippen LogP contribution is 2.38. The van der Waals surface area contributed by atoms with Crippen LogP contribution in [0.5, 0.6) is 0 Å². The molecule has 7 nitrogen and oxygen atoms in total. The van der Waals surface area contributed by atoms with Gasteiger partial charge in [-0.05, 0) is 30.5 Å². The van der Waals surface area contributed by atoms with Crippen LogP contribution in [0.2, 0.25) is 0 Å². The first-order chi connectivity index (χ1) is 11.0. The van der Waals surface area contributed by atoms with Crippen LogP contribution in [0, 0.1) is 20.2 Å². The number of rotatable bonds is 7. The molecule has 1 N–H and O–H groups in total. The fourth-order valence-electron chi connectivity index (χ4n) is 2.05. The second kappa shape index (κ2) is 7.70. The van der Waals surface area contributed by atoms with Gasteiger partial charge < -0.3 is 5.11 Å². The zero-order valence-electron chi connectivity index (χ0n) is 12.0. The Kier molecular flexibility index (Phi) is 5.67. The number of nitro groups is 2. The van der Waals surface area contributed by atoms with Crippen molar-refractivity contribution in [2.75, 3.05) is 6.61 Å². The Morgan fingerprint density at radius 3 is 2.39 bits per heavy atom. The van der Waals surface area contributed by atoms with E-state index in [-0.39, 0.29) is 18.0 Å². The Labute approximate surface area is 136 Å². The Balaban J connectivity index is 2.37. The van der Waals surface area contributed by atoms with E-state index in [4.69, 9.17) is 5.11 Å². The van der Waals surface area contributed by atoms with Gasteiger partial charge in [-0.3, -0.25) is 20.2 Å². The van der Waals surface area contributed by atoms with Gasteiger partial charge >= 0.3 is 0 Å². The summed E-state index contributed by atoms with van der Waals surface area (Å²) >= 11 is 1.19. The molecule has 0 amide bonds. The molecule has 0 saturated heterocycles. The Morgan fingerprint density at radius 1 is 1.00 bits per heavy atom. The van der Waals surface area contributed by atoms with Crippen molar-refractivity contribution in [1.29, 1.82) is 0 Å². The highest BCUT2D eigenvalue weighted by atomic mass is 32.2. The summed E-state index contributed by atoms with van der Waals surface area (Å²) in [6.07, 6.45) is 1.25. The molecular weight excluding hydrogens is 320 g/mol. The number of nitrogens with zero attached hydrogens (tertiary/aromatic N) is 2. The average molecular weight is 334 g/mol. The molecule has 23 heavy (non-hydrogen) atoms. The normalized spacial score (nSPS) is 10.5. The van der Waals surface area contributed by atoms with Crippen molar-refractivity contribution in [3.8, 4) is 0 Å². The highest BCUT2D eigenvalue weighted by molar-refractivity contribution is 7.99. The predicted octanol–water partition coefficient (Wildman–Crippen LogP) is 3.58. The molecule has 0 fully saturated rings. The average Bonchev–Trinajstić information content (AvgIpc) is 2.54. The van der Waals surface area contributed by atoms with Gasteiger partial charge in [0.05, 0.1) is 20.8 Å². The first-order valence-electron chi connectivity index (χ1n) is 6.82. The maximum Gasteiger partial charge on any atom is 0.290 e. The quantitative estimate of drug-likeness (QED) is 0.612. The monoisotopic (exact) mass is 334 g/mol. The van der Waals surface area contributed by atoms with Crippen LogP contribution in [-0.2, 0) is 6.42 Å². The molecule has 0 spiro atoms. The largest absolute Gasteiger partial charge is 0.396 e. The summed E-state index contributed by atoms with van der Waals surface area (Å²) in [6, 6.07) is 11.0. The lowest BCUT2D eigenvalue weighted by atomic mass is 10.1. The fourth-order valence-corrected chi connectivity index (χ4v) is 3.11. The van der Waals surface area contributed by atoms with Crippen molar-refractivity contribution in [2.24, 2.45) is 0 Å². The van der Waals surface area contributed by atoms with E-state index in [0.29, 0.717) is 17.7 Å². The minimum Gasteiger partial charge on any atom is -0.396 e. The van der Waals surface area contributed by atoms with Crippen molar-refractivity contribution in [1.82, 2.24) is 0 Å². The molecule has 8 heteroatoms. The molecule has 0 unspecified atom stereocenters. The summed E-state index contributed by atoms with van der Waals surface area (Å²) in [5.74, 6) is 0. The van der Waals surface area contributed by atoms with Crippen LogP contribution >= 0.6 is 11.8 Å². The first-order valence-corrected chi connectivity index (χ1v) is 7.64. The number of hydrogen-bond donors (Lipinski definition) is 1. The van der Waals surface area contributed by atoms with Gasteiger partial charge in [0.25, 0.3) is 11.4 Å². The smallest absolute Gasteiger partial charge is 0.290 e. The second-order valence-corrected chi connectivity index (χ2v) is 5.79. The van der Waals surface area contributed by atoms with Gasteiger partial charge in [0.1, 0.15) is 0 Å². The van der Waals surface area contributed by atoms with Crippen LogP contribution < -0.4 is 0 Å². The lowest BCUT2D eigenvalue weighted by molar-refractivity contribution is -0.396.